The van der Waals surface area contributed by atoms with E-state index in [1.54, 1.807) is 7.11 Å². The summed E-state index contributed by atoms with van der Waals surface area (Å²) in [5.41, 5.74) is 1.20. The highest BCUT2D eigenvalue weighted by Gasteiger charge is 2.06. The molecule has 0 unspecified atom stereocenters. The minimum absolute atomic E-state index is 0.674. The molecule has 6 heteroatoms. The van der Waals surface area contributed by atoms with E-state index in [1.165, 1.54) is 5.69 Å². The molecule has 0 saturated heterocycles. The van der Waals surface area contributed by atoms with Gasteiger partial charge in [0.2, 0.25) is 5.95 Å². The Kier molecular flexibility index (Phi) is 8.25. The highest BCUT2D eigenvalue weighted by Crippen LogP contribution is 2.10. The van der Waals surface area contributed by atoms with Crippen LogP contribution in [0.2, 0.25) is 0 Å². The number of aromatic nitrogens is 2. The Morgan fingerprint density at radius 1 is 1.25 bits per heavy atom. The van der Waals surface area contributed by atoms with Gasteiger partial charge in [0.1, 0.15) is 0 Å². The van der Waals surface area contributed by atoms with Crippen LogP contribution in [0.1, 0.15) is 18.5 Å². The molecular formula is C14H28N4O2. The molecule has 0 atom stereocenters. The van der Waals surface area contributed by atoms with E-state index >= 15 is 0 Å². The molecule has 0 aliphatic rings. The second-order valence-electron chi connectivity index (χ2n) is 4.99. The molecule has 0 fully saturated rings. The third-order valence-electron chi connectivity index (χ3n) is 3.09. The Morgan fingerprint density at radius 2 is 2.05 bits per heavy atom. The lowest BCUT2D eigenvalue weighted by molar-refractivity contribution is 0.0688. The summed E-state index contributed by atoms with van der Waals surface area (Å²) in [5, 5.41) is 3.44. The largest absolute Gasteiger partial charge is 0.382 e. The van der Waals surface area contributed by atoms with Crippen molar-refractivity contribution in [3.05, 3.63) is 11.9 Å². The Morgan fingerprint density at radius 3 is 2.70 bits per heavy atom. The van der Waals surface area contributed by atoms with Crippen molar-refractivity contribution in [2.24, 2.45) is 7.05 Å². The number of hydrogen-bond donors (Lipinski definition) is 1. The SMILES string of the molecule is COCCOCCCCNCc1cnc(N(C)C)n1C. The van der Waals surface area contributed by atoms with Crippen LogP contribution < -0.4 is 10.2 Å². The summed E-state index contributed by atoms with van der Waals surface area (Å²) in [6.45, 7) is 4.01. The fourth-order valence-electron chi connectivity index (χ4n) is 1.93. The van der Waals surface area contributed by atoms with Gasteiger partial charge in [0.05, 0.1) is 25.1 Å². The number of nitrogens with one attached hydrogen (secondary N) is 1. The second-order valence-corrected chi connectivity index (χ2v) is 4.99. The predicted octanol–water partition coefficient (Wildman–Crippen LogP) is 1.02. The molecule has 1 aromatic heterocycles. The molecule has 20 heavy (non-hydrogen) atoms. The second kappa shape index (κ2) is 9.74. The van der Waals surface area contributed by atoms with Gasteiger partial charge < -0.3 is 24.3 Å². The van der Waals surface area contributed by atoms with Crippen LogP contribution in [-0.4, -0.2) is 57.1 Å². The normalized spacial score (nSPS) is 11.0. The highest BCUT2D eigenvalue weighted by atomic mass is 16.5. The Balaban J connectivity index is 2.07. The van der Waals surface area contributed by atoms with Crippen LogP contribution in [0.15, 0.2) is 6.20 Å². The van der Waals surface area contributed by atoms with E-state index in [1.807, 2.05) is 32.2 Å². The van der Waals surface area contributed by atoms with Crippen LogP contribution in [0.3, 0.4) is 0 Å². The molecule has 1 rings (SSSR count). The number of nitrogens with zero attached hydrogens (tertiary/aromatic N) is 3. The number of rotatable bonds is 11. The van der Waals surface area contributed by atoms with Crippen molar-refractivity contribution < 1.29 is 9.47 Å². The molecule has 1 aromatic rings. The fraction of sp³-hybridized carbons (Fsp3) is 0.786. The van der Waals surface area contributed by atoms with Gasteiger partial charge in [0.25, 0.3) is 0 Å². The van der Waals surface area contributed by atoms with Crippen LogP contribution in [0.25, 0.3) is 0 Å². The lowest BCUT2D eigenvalue weighted by atomic mass is 10.3. The van der Waals surface area contributed by atoms with Crippen molar-refractivity contribution in [2.45, 2.75) is 19.4 Å². The van der Waals surface area contributed by atoms with Gasteiger partial charge in [-0.3, -0.25) is 0 Å². The molecule has 1 heterocycles. The Labute approximate surface area is 122 Å². The van der Waals surface area contributed by atoms with E-state index in [0.717, 1.165) is 38.5 Å². The molecule has 0 spiro atoms. The summed E-state index contributed by atoms with van der Waals surface area (Å²) >= 11 is 0. The Bertz CT molecular complexity index is 366. The van der Waals surface area contributed by atoms with E-state index in [4.69, 9.17) is 9.47 Å². The maximum atomic E-state index is 5.42. The van der Waals surface area contributed by atoms with Gasteiger partial charge in [0, 0.05) is 41.4 Å². The number of hydrogen-bond acceptors (Lipinski definition) is 5. The minimum Gasteiger partial charge on any atom is -0.382 e. The zero-order valence-electron chi connectivity index (χ0n) is 13.2. The van der Waals surface area contributed by atoms with Gasteiger partial charge in [-0.15, -0.1) is 0 Å². The monoisotopic (exact) mass is 284 g/mol. The Hall–Kier alpha value is -1.11. The van der Waals surface area contributed by atoms with Crippen molar-refractivity contribution >= 4 is 5.95 Å². The first kappa shape index (κ1) is 16.9. The van der Waals surface area contributed by atoms with Crippen LogP contribution in [0, 0.1) is 0 Å². The lowest BCUT2D eigenvalue weighted by Crippen LogP contribution is -2.19. The van der Waals surface area contributed by atoms with Crippen molar-refractivity contribution in [1.82, 2.24) is 14.9 Å². The van der Waals surface area contributed by atoms with Crippen molar-refractivity contribution in [1.29, 1.82) is 0 Å². The summed E-state index contributed by atoms with van der Waals surface area (Å²) in [7, 11) is 7.74. The van der Waals surface area contributed by atoms with Crippen LogP contribution in [0.4, 0.5) is 5.95 Å². The average molecular weight is 284 g/mol. The zero-order chi connectivity index (χ0) is 14.8. The van der Waals surface area contributed by atoms with Crippen LogP contribution >= 0.6 is 0 Å². The minimum atomic E-state index is 0.674. The summed E-state index contributed by atoms with van der Waals surface area (Å²) in [6, 6.07) is 0. The lowest BCUT2D eigenvalue weighted by Gasteiger charge is -2.12. The summed E-state index contributed by atoms with van der Waals surface area (Å²) in [4.78, 5) is 6.40. The number of anilines is 1. The molecule has 0 aliphatic heterocycles. The number of methoxy groups -OCH3 is 1. The quantitative estimate of drug-likeness (QED) is 0.615. The molecule has 6 nitrogen and oxygen atoms in total. The number of ether oxygens (including phenoxy) is 2. The summed E-state index contributed by atoms with van der Waals surface area (Å²) in [5.74, 6) is 0.980. The maximum Gasteiger partial charge on any atom is 0.204 e. The molecule has 0 radical (unpaired) electrons. The highest BCUT2D eigenvalue weighted by molar-refractivity contribution is 5.30. The van der Waals surface area contributed by atoms with E-state index in [9.17, 15) is 0 Å². The molecule has 0 amide bonds. The number of imidazole rings is 1. The van der Waals surface area contributed by atoms with Crippen molar-refractivity contribution in [3.8, 4) is 0 Å². The predicted molar refractivity (Wildman–Crippen MR) is 81.2 cm³/mol. The molecular weight excluding hydrogens is 256 g/mol. The van der Waals surface area contributed by atoms with Gasteiger partial charge in [-0.2, -0.15) is 0 Å². The standard InChI is InChI=1S/C14H28N4O2/c1-17(2)14-16-12-13(18(14)3)11-15-7-5-6-8-20-10-9-19-4/h12,15H,5-11H2,1-4H3. The van der Waals surface area contributed by atoms with E-state index in [-0.39, 0.29) is 0 Å². The molecule has 116 valence electrons. The summed E-state index contributed by atoms with van der Waals surface area (Å²) in [6.07, 6.45) is 4.12. The zero-order valence-corrected chi connectivity index (χ0v) is 13.2. The third-order valence-corrected chi connectivity index (χ3v) is 3.09. The van der Waals surface area contributed by atoms with Crippen LogP contribution in [-0.2, 0) is 23.1 Å². The molecule has 0 bridgehead atoms. The van der Waals surface area contributed by atoms with Gasteiger partial charge in [-0.25, -0.2) is 4.98 Å². The van der Waals surface area contributed by atoms with Gasteiger partial charge in [0.15, 0.2) is 0 Å². The smallest absolute Gasteiger partial charge is 0.204 e. The van der Waals surface area contributed by atoms with E-state index in [2.05, 4.69) is 14.9 Å². The van der Waals surface area contributed by atoms with Gasteiger partial charge in [-0.05, 0) is 19.4 Å². The van der Waals surface area contributed by atoms with Crippen molar-refractivity contribution in [3.63, 3.8) is 0 Å². The summed E-state index contributed by atoms with van der Waals surface area (Å²) < 4.78 is 12.4. The third kappa shape index (κ3) is 5.90. The van der Waals surface area contributed by atoms with Crippen molar-refractivity contribution in [2.75, 3.05) is 52.5 Å². The number of unbranched alkanes of at least 4 members (excludes halogenated alkanes) is 1. The topological polar surface area (TPSA) is 51.6 Å². The van der Waals surface area contributed by atoms with Crippen LogP contribution in [0.5, 0.6) is 0 Å². The molecule has 0 aliphatic carbocycles. The van der Waals surface area contributed by atoms with E-state index < -0.39 is 0 Å². The van der Waals surface area contributed by atoms with Gasteiger partial charge in [-0.1, -0.05) is 0 Å². The fourth-order valence-corrected chi connectivity index (χ4v) is 1.93. The maximum absolute atomic E-state index is 5.42. The van der Waals surface area contributed by atoms with Gasteiger partial charge >= 0.3 is 0 Å². The first-order chi connectivity index (χ1) is 9.66. The average Bonchev–Trinajstić information content (AvgIpc) is 2.78. The molecule has 1 N–H and O–H groups in total. The first-order valence-electron chi connectivity index (χ1n) is 7.12. The molecule has 0 saturated carbocycles. The molecule has 0 aromatic carbocycles. The van der Waals surface area contributed by atoms with E-state index in [0.29, 0.717) is 13.2 Å². The first-order valence-corrected chi connectivity index (χ1v) is 7.12.